The molecule has 3 saturated heterocycles. The van der Waals surface area contributed by atoms with E-state index in [2.05, 4.69) is 22.2 Å². The van der Waals surface area contributed by atoms with Crippen molar-refractivity contribution < 1.29 is 32.3 Å². The smallest absolute Gasteiger partial charge is 0.418 e. The molecule has 0 spiro atoms. The van der Waals surface area contributed by atoms with E-state index in [9.17, 15) is 27.6 Å². The van der Waals surface area contributed by atoms with E-state index in [0.29, 0.717) is 58.0 Å². The number of carbonyl (C=O) groups is 3. The molecule has 6 rings (SSSR count). The van der Waals surface area contributed by atoms with Crippen LogP contribution in [0.1, 0.15) is 42.4 Å². The van der Waals surface area contributed by atoms with Crippen molar-refractivity contribution >= 4 is 41.0 Å². The van der Waals surface area contributed by atoms with Crippen LogP contribution in [0.15, 0.2) is 36.4 Å². The van der Waals surface area contributed by atoms with Crippen LogP contribution in [-0.4, -0.2) is 127 Å². The summed E-state index contributed by atoms with van der Waals surface area (Å²) in [6.45, 7) is 5.93. The summed E-state index contributed by atoms with van der Waals surface area (Å²) in [7, 11) is 2.10. The lowest BCUT2D eigenvalue weighted by Gasteiger charge is -2.42. The molecule has 3 fully saturated rings. The van der Waals surface area contributed by atoms with Crippen LogP contribution in [-0.2, 0) is 28.5 Å². The van der Waals surface area contributed by atoms with E-state index in [-0.39, 0.29) is 29.1 Å². The van der Waals surface area contributed by atoms with Gasteiger partial charge in [-0.25, -0.2) is 9.59 Å². The average molecular weight is 720 g/mol. The summed E-state index contributed by atoms with van der Waals surface area (Å²) in [6, 6.07) is 9.91. The van der Waals surface area contributed by atoms with Crippen molar-refractivity contribution in [3.8, 4) is 0 Å². The van der Waals surface area contributed by atoms with Gasteiger partial charge in [-0.2, -0.15) is 13.2 Å². The van der Waals surface area contributed by atoms with Gasteiger partial charge in [0.2, 0.25) is 0 Å². The number of nitrogens with one attached hydrogen (secondary N) is 1. The highest BCUT2D eigenvalue weighted by Crippen LogP contribution is 2.38. The van der Waals surface area contributed by atoms with Crippen LogP contribution >= 0.6 is 11.6 Å². The predicted molar refractivity (Wildman–Crippen MR) is 184 cm³/mol. The molecular formula is C35H45ClF3N7O4. The van der Waals surface area contributed by atoms with Gasteiger partial charge < -0.3 is 35.4 Å². The number of likely N-dealkylation sites (N-methyl/N-ethyl adjacent to an activating group) is 1. The first-order valence-corrected chi connectivity index (χ1v) is 17.7. The number of likely N-dealkylation sites (tertiary alicyclic amines) is 2. The van der Waals surface area contributed by atoms with Gasteiger partial charge in [0.25, 0.3) is 5.91 Å². The van der Waals surface area contributed by atoms with Gasteiger partial charge in [-0.3, -0.25) is 9.69 Å². The summed E-state index contributed by atoms with van der Waals surface area (Å²) < 4.78 is 47.3. The molecule has 0 aliphatic carbocycles. The normalized spacial score (nSPS) is 21.0. The number of rotatable bonds is 6. The summed E-state index contributed by atoms with van der Waals surface area (Å²) >= 11 is 6.11. The van der Waals surface area contributed by atoms with Crippen LogP contribution in [0.5, 0.6) is 0 Å². The van der Waals surface area contributed by atoms with Crippen molar-refractivity contribution in [2.75, 3.05) is 77.0 Å². The number of hydrogen-bond acceptors (Lipinski definition) is 7. The van der Waals surface area contributed by atoms with Gasteiger partial charge in [0.1, 0.15) is 0 Å². The number of halogens is 4. The van der Waals surface area contributed by atoms with E-state index in [1.807, 2.05) is 29.2 Å². The fourth-order valence-corrected chi connectivity index (χ4v) is 7.80. The van der Waals surface area contributed by atoms with Crippen LogP contribution in [0.25, 0.3) is 0 Å². The number of carbonyl (C=O) groups excluding carboxylic acids is 3. The standard InChI is InChI=1S/C35H45ClF3N7O4/c1-42-16-18-43(19-17-42)25-7-11-44(12-8-25)32(47)30(22-23-20-27(35(37,38)39)31(40)28(36)21-23)50-34(49)45-13-9-26(10-14-45)46-15-6-24-4-2-3-5-29(24)41-33(46)48/h2-5,20-21,25-26,30H,6-19,22,40H2,1H3,(H,41,48)/t30-/m0/s1. The van der Waals surface area contributed by atoms with Crippen molar-refractivity contribution in [2.24, 2.45) is 0 Å². The van der Waals surface area contributed by atoms with Gasteiger partial charge in [0, 0.05) is 83.1 Å². The molecule has 4 aliphatic heterocycles. The van der Waals surface area contributed by atoms with Crippen LogP contribution in [0, 0.1) is 0 Å². The monoisotopic (exact) mass is 719 g/mol. The third-order valence-electron chi connectivity index (χ3n) is 10.6. The van der Waals surface area contributed by atoms with E-state index in [1.54, 1.807) is 4.90 Å². The lowest BCUT2D eigenvalue weighted by Crippen LogP contribution is -2.54. The van der Waals surface area contributed by atoms with Crippen molar-refractivity contribution in [2.45, 2.75) is 62.9 Å². The Kier molecular flexibility index (Phi) is 11.0. The van der Waals surface area contributed by atoms with E-state index >= 15 is 0 Å². The highest BCUT2D eigenvalue weighted by Gasteiger charge is 2.38. The van der Waals surface area contributed by atoms with Gasteiger partial charge in [-0.05, 0) is 68.5 Å². The van der Waals surface area contributed by atoms with Crippen LogP contribution < -0.4 is 11.1 Å². The number of para-hydroxylation sites is 1. The first-order chi connectivity index (χ1) is 23.9. The summed E-state index contributed by atoms with van der Waals surface area (Å²) in [5, 5.41) is 2.70. The molecule has 15 heteroatoms. The lowest BCUT2D eigenvalue weighted by atomic mass is 9.99. The average Bonchev–Trinajstić information content (AvgIpc) is 3.27. The topological polar surface area (TPSA) is 115 Å². The molecule has 1 atom stereocenters. The number of amides is 4. The molecule has 4 aliphatic rings. The van der Waals surface area contributed by atoms with Gasteiger partial charge in [0.15, 0.2) is 6.10 Å². The highest BCUT2D eigenvalue weighted by atomic mass is 35.5. The number of piperidine rings is 2. The van der Waals surface area contributed by atoms with Gasteiger partial charge in [0.05, 0.1) is 16.3 Å². The van der Waals surface area contributed by atoms with E-state index < -0.39 is 35.5 Å². The molecular weight excluding hydrogens is 675 g/mol. The van der Waals surface area contributed by atoms with Gasteiger partial charge in [-0.1, -0.05) is 29.8 Å². The molecule has 0 radical (unpaired) electrons. The van der Waals surface area contributed by atoms with Crippen LogP contribution in [0.4, 0.5) is 34.1 Å². The van der Waals surface area contributed by atoms with Crippen molar-refractivity contribution in [1.29, 1.82) is 0 Å². The van der Waals surface area contributed by atoms with Crippen LogP contribution in [0.2, 0.25) is 5.02 Å². The zero-order chi connectivity index (χ0) is 35.6. The summed E-state index contributed by atoms with van der Waals surface area (Å²) in [4.78, 5) is 50.3. The Hall–Kier alpha value is -3.75. The number of nitrogens with zero attached hydrogens (tertiary/aromatic N) is 5. The molecule has 4 heterocycles. The number of piperazine rings is 1. The molecule has 0 aromatic heterocycles. The maximum absolute atomic E-state index is 14.0. The number of hydrogen-bond donors (Lipinski definition) is 2. The summed E-state index contributed by atoms with van der Waals surface area (Å²) in [5.41, 5.74) is 5.90. The second-order valence-electron chi connectivity index (χ2n) is 13.8. The van der Waals surface area contributed by atoms with Gasteiger partial charge in [-0.15, -0.1) is 0 Å². The maximum Gasteiger partial charge on any atom is 0.418 e. The first-order valence-electron chi connectivity index (χ1n) is 17.3. The van der Waals surface area contributed by atoms with Crippen molar-refractivity contribution in [1.82, 2.24) is 24.5 Å². The molecule has 2 aromatic carbocycles. The minimum Gasteiger partial charge on any atom is -0.436 e. The molecule has 0 unspecified atom stereocenters. The molecule has 3 N–H and O–H groups in total. The molecule has 272 valence electrons. The fraction of sp³-hybridized carbons (Fsp3) is 0.571. The molecule has 4 amide bonds. The number of benzene rings is 2. The number of nitrogen functional groups attached to an aromatic ring is 1. The molecule has 11 nitrogen and oxygen atoms in total. The summed E-state index contributed by atoms with van der Waals surface area (Å²) in [5.74, 6) is -0.452. The number of anilines is 2. The number of fused-ring (bicyclic) bond motifs is 1. The molecule has 0 saturated carbocycles. The zero-order valence-corrected chi connectivity index (χ0v) is 29.0. The Morgan fingerprint density at radius 3 is 2.26 bits per heavy atom. The van der Waals surface area contributed by atoms with E-state index in [4.69, 9.17) is 22.1 Å². The fourth-order valence-electron chi connectivity index (χ4n) is 7.56. The lowest BCUT2D eigenvalue weighted by molar-refractivity contribution is -0.142. The second kappa shape index (κ2) is 15.2. The van der Waals surface area contributed by atoms with E-state index in [0.717, 1.165) is 56.3 Å². The van der Waals surface area contributed by atoms with Crippen molar-refractivity contribution in [3.05, 3.63) is 58.1 Å². The highest BCUT2D eigenvalue weighted by molar-refractivity contribution is 6.33. The Labute approximate surface area is 295 Å². The first kappa shape index (κ1) is 36.1. The Morgan fingerprint density at radius 1 is 0.940 bits per heavy atom. The zero-order valence-electron chi connectivity index (χ0n) is 28.3. The second-order valence-corrected chi connectivity index (χ2v) is 14.2. The SMILES string of the molecule is CN1CCN(C2CCN(C(=O)[C@H](Cc3cc(Cl)c(N)c(C(F)(F)F)c3)OC(=O)N3CCC(N4CCc5ccccc5NC4=O)CC3)CC2)CC1. The molecule has 50 heavy (non-hydrogen) atoms. The maximum atomic E-state index is 14.0. The predicted octanol–water partition coefficient (Wildman–Crippen LogP) is 4.78. The Balaban J connectivity index is 1.12. The number of ether oxygens (including phenoxy) is 1. The van der Waals surface area contributed by atoms with Gasteiger partial charge >= 0.3 is 18.3 Å². The number of alkyl halides is 3. The van der Waals surface area contributed by atoms with E-state index in [1.165, 1.54) is 11.0 Å². The third kappa shape index (κ3) is 8.24. The quantitative estimate of drug-likeness (QED) is 0.413. The molecule has 2 aromatic rings. The third-order valence-corrected chi connectivity index (χ3v) is 10.9. The largest absolute Gasteiger partial charge is 0.436 e. The Bertz CT molecular complexity index is 1560. The molecule has 0 bridgehead atoms. The minimum absolute atomic E-state index is 0.0851. The van der Waals surface area contributed by atoms with Crippen LogP contribution in [0.3, 0.4) is 0 Å². The number of urea groups is 1. The number of nitrogens with two attached hydrogens (primary N) is 1. The summed E-state index contributed by atoms with van der Waals surface area (Å²) in [6.07, 6.45) is -3.90. The minimum atomic E-state index is -4.76. The Morgan fingerprint density at radius 2 is 1.58 bits per heavy atom. The van der Waals surface area contributed by atoms with Crippen molar-refractivity contribution in [3.63, 3.8) is 0 Å².